The van der Waals surface area contributed by atoms with Crippen molar-refractivity contribution < 1.29 is 28.2 Å². The van der Waals surface area contributed by atoms with E-state index >= 15 is 0 Å². The van der Waals surface area contributed by atoms with Crippen LogP contribution >= 0.6 is 18.5 Å². The predicted molar refractivity (Wildman–Crippen MR) is 113 cm³/mol. The second-order valence-corrected chi connectivity index (χ2v) is 10.7. The molecule has 4 heterocycles. The minimum atomic E-state index is -3.43. The zero-order valence-electron chi connectivity index (χ0n) is 15.7. The number of nitrogens with two attached hydrogens (primary N) is 1. The van der Waals surface area contributed by atoms with Crippen molar-refractivity contribution in [2.75, 3.05) is 12.3 Å². The van der Waals surface area contributed by atoms with Crippen LogP contribution in [0.3, 0.4) is 0 Å². The van der Waals surface area contributed by atoms with E-state index in [1.54, 1.807) is 16.7 Å². The van der Waals surface area contributed by atoms with Crippen LogP contribution in [0.4, 0.5) is 10.2 Å². The SMILES string of the molecule is Nc1ncnc2c1nc(SCc1ccc(F)cc1)n2C1OC2COP(O)(=S)OC2C1O. The summed E-state index contributed by atoms with van der Waals surface area (Å²) in [5.74, 6) is 0.340. The van der Waals surface area contributed by atoms with E-state index < -0.39 is 31.3 Å². The molecule has 31 heavy (non-hydrogen) atoms. The number of nitrogens with zero attached hydrogens (tertiary/aromatic N) is 4. The van der Waals surface area contributed by atoms with E-state index in [4.69, 9.17) is 31.3 Å². The maximum atomic E-state index is 13.2. The van der Waals surface area contributed by atoms with Crippen molar-refractivity contribution in [1.82, 2.24) is 19.5 Å². The van der Waals surface area contributed by atoms with Crippen LogP contribution in [0.2, 0.25) is 0 Å². The third-order valence-electron chi connectivity index (χ3n) is 4.97. The highest BCUT2D eigenvalue weighted by atomic mass is 32.5. The first kappa shape index (κ1) is 21.2. The first-order valence-corrected chi connectivity index (χ1v) is 12.7. The fraction of sp³-hybridized carbons (Fsp3) is 0.353. The Kier molecular flexibility index (Phi) is 5.47. The summed E-state index contributed by atoms with van der Waals surface area (Å²) in [5, 5.41) is 11.4. The van der Waals surface area contributed by atoms with Gasteiger partial charge in [-0.25, -0.2) is 19.3 Å². The van der Waals surface area contributed by atoms with Crippen LogP contribution in [0.15, 0.2) is 35.7 Å². The molecule has 2 saturated heterocycles. The van der Waals surface area contributed by atoms with E-state index in [2.05, 4.69) is 15.0 Å². The topological polar surface area (TPSA) is 138 Å². The smallest absolute Gasteiger partial charge is 0.325 e. The van der Waals surface area contributed by atoms with E-state index in [-0.39, 0.29) is 18.2 Å². The summed E-state index contributed by atoms with van der Waals surface area (Å²) in [6, 6.07) is 6.12. The molecule has 164 valence electrons. The highest BCUT2D eigenvalue weighted by Crippen LogP contribution is 2.53. The summed E-state index contributed by atoms with van der Waals surface area (Å²) < 4.78 is 31.4. The zero-order chi connectivity index (χ0) is 21.8. The lowest BCUT2D eigenvalue weighted by molar-refractivity contribution is -0.0619. The van der Waals surface area contributed by atoms with Crippen LogP contribution in [0.1, 0.15) is 11.8 Å². The van der Waals surface area contributed by atoms with Crippen LogP contribution in [-0.4, -0.2) is 54.4 Å². The monoisotopic (exact) mass is 485 g/mol. The molecule has 2 aromatic heterocycles. The lowest BCUT2D eigenvalue weighted by Gasteiger charge is -2.30. The van der Waals surface area contributed by atoms with Crippen molar-refractivity contribution in [1.29, 1.82) is 0 Å². The normalized spacial score (nSPS) is 30.5. The minimum absolute atomic E-state index is 0.00614. The van der Waals surface area contributed by atoms with Crippen molar-refractivity contribution in [3.8, 4) is 0 Å². The third-order valence-corrected chi connectivity index (χ3v) is 7.56. The Bertz CT molecular complexity index is 1180. The fourth-order valence-corrected chi connectivity index (χ4v) is 5.93. The van der Waals surface area contributed by atoms with Gasteiger partial charge in [-0.15, -0.1) is 0 Å². The molecular formula is C17H17FN5O5PS2. The summed E-state index contributed by atoms with van der Waals surface area (Å²) in [4.78, 5) is 22.8. The molecule has 0 saturated carbocycles. The van der Waals surface area contributed by atoms with Gasteiger partial charge in [-0.2, -0.15) is 0 Å². The molecule has 1 aromatic carbocycles. The molecule has 0 bridgehead atoms. The Morgan fingerprint density at radius 3 is 2.87 bits per heavy atom. The number of ether oxygens (including phenoxy) is 1. The zero-order valence-corrected chi connectivity index (χ0v) is 18.3. The van der Waals surface area contributed by atoms with Crippen molar-refractivity contribution in [3.63, 3.8) is 0 Å². The molecule has 5 rings (SSSR count). The fourth-order valence-electron chi connectivity index (χ4n) is 3.52. The Balaban J connectivity index is 1.51. The predicted octanol–water partition coefficient (Wildman–Crippen LogP) is 1.73. The molecule has 3 aromatic rings. The molecule has 0 radical (unpaired) electrons. The highest BCUT2D eigenvalue weighted by molar-refractivity contribution is 8.07. The maximum Gasteiger partial charge on any atom is 0.325 e. The molecule has 14 heteroatoms. The van der Waals surface area contributed by atoms with Gasteiger partial charge in [0.05, 0.1) is 6.61 Å². The molecular weight excluding hydrogens is 468 g/mol. The van der Waals surface area contributed by atoms with E-state index in [1.165, 1.54) is 30.2 Å². The molecule has 2 fully saturated rings. The summed E-state index contributed by atoms with van der Waals surface area (Å²) in [6.45, 7) is -3.44. The van der Waals surface area contributed by atoms with Crippen molar-refractivity contribution >= 4 is 47.3 Å². The van der Waals surface area contributed by atoms with Crippen molar-refractivity contribution in [2.45, 2.75) is 35.4 Å². The number of aliphatic hydroxyl groups excluding tert-OH is 1. The molecule has 0 amide bonds. The number of thioether (sulfide) groups is 1. The van der Waals surface area contributed by atoms with Crippen molar-refractivity contribution in [2.24, 2.45) is 0 Å². The van der Waals surface area contributed by atoms with Gasteiger partial charge >= 0.3 is 6.72 Å². The van der Waals surface area contributed by atoms with Gasteiger partial charge in [-0.1, -0.05) is 23.9 Å². The van der Waals surface area contributed by atoms with Crippen molar-refractivity contribution in [3.05, 3.63) is 42.0 Å². The number of rotatable bonds is 4. The molecule has 5 atom stereocenters. The van der Waals surface area contributed by atoms with E-state index in [0.717, 1.165) is 5.56 Å². The minimum Gasteiger partial charge on any atom is -0.386 e. The van der Waals surface area contributed by atoms with Gasteiger partial charge in [0.15, 0.2) is 28.4 Å². The number of aromatic nitrogens is 4. The number of benzene rings is 1. The summed E-state index contributed by atoms with van der Waals surface area (Å²) in [7, 11) is 0. The van der Waals surface area contributed by atoms with Crippen LogP contribution in [0.25, 0.3) is 11.2 Å². The molecule has 4 N–H and O–H groups in total. The second kappa shape index (κ2) is 8.01. The molecule has 5 unspecified atom stereocenters. The Hall–Kier alpha value is -1.70. The van der Waals surface area contributed by atoms with E-state index in [9.17, 15) is 14.4 Å². The molecule has 10 nitrogen and oxygen atoms in total. The van der Waals surface area contributed by atoms with E-state index in [1.807, 2.05) is 0 Å². The van der Waals surface area contributed by atoms with Gasteiger partial charge in [0.25, 0.3) is 0 Å². The Morgan fingerprint density at radius 1 is 1.32 bits per heavy atom. The highest BCUT2D eigenvalue weighted by Gasteiger charge is 2.51. The molecule has 0 aliphatic carbocycles. The van der Waals surface area contributed by atoms with Crippen LogP contribution in [-0.2, 0) is 31.3 Å². The second-order valence-electron chi connectivity index (χ2n) is 7.00. The number of aliphatic hydroxyl groups is 1. The molecule has 2 aliphatic rings. The Labute approximate surface area is 184 Å². The van der Waals surface area contributed by atoms with Gasteiger partial charge in [0.2, 0.25) is 0 Å². The lowest BCUT2D eigenvalue weighted by atomic mass is 10.1. The maximum absolute atomic E-state index is 13.2. The van der Waals surface area contributed by atoms with Crippen LogP contribution in [0.5, 0.6) is 0 Å². The van der Waals surface area contributed by atoms with Gasteiger partial charge in [-0.3, -0.25) is 9.09 Å². The average molecular weight is 485 g/mol. The average Bonchev–Trinajstić information content (AvgIpc) is 3.25. The summed E-state index contributed by atoms with van der Waals surface area (Å²) in [5.41, 5.74) is 7.59. The van der Waals surface area contributed by atoms with Gasteiger partial charge in [0.1, 0.15) is 30.5 Å². The molecule has 0 spiro atoms. The molecule has 2 aliphatic heterocycles. The summed E-state index contributed by atoms with van der Waals surface area (Å²) in [6.07, 6.45) is -2.29. The van der Waals surface area contributed by atoms with E-state index in [0.29, 0.717) is 22.1 Å². The standard InChI is InChI=1S/C17H17FN5O5PS2/c18-9-3-1-8(2-4-9)6-31-17-22-11-14(19)20-7-21-15(11)23(17)16-12(24)13-10(27-16)5-26-29(25,30)28-13/h1-4,7,10,12-13,16,24H,5-6H2,(H,25,30)(H2,19,20,21). The Morgan fingerprint density at radius 2 is 2.10 bits per heavy atom. The quantitative estimate of drug-likeness (QED) is 0.368. The number of hydrogen-bond donors (Lipinski definition) is 3. The van der Waals surface area contributed by atoms with Crippen LogP contribution < -0.4 is 5.73 Å². The summed E-state index contributed by atoms with van der Waals surface area (Å²) >= 11 is 6.25. The number of halogens is 1. The number of imidazole rings is 1. The van der Waals surface area contributed by atoms with Crippen LogP contribution in [0, 0.1) is 5.82 Å². The number of anilines is 1. The van der Waals surface area contributed by atoms with Gasteiger partial charge < -0.3 is 25.0 Å². The first-order chi connectivity index (χ1) is 14.8. The van der Waals surface area contributed by atoms with Gasteiger partial charge in [-0.05, 0) is 29.5 Å². The van der Waals surface area contributed by atoms with Gasteiger partial charge in [0, 0.05) is 5.75 Å². The third kappa shape index (κ3) is 3.96. The first-order valence-electron chi connectivity index (χ1n) is 9.17. The number of nitrogen functional groups attached to an aromatic ring is 1. The number of hydrogen-bond acceptors (Lipinski definition) is 10. The lowest BCUT2D eigenvalue weighted by Crippen LogP contribution is -2.39. The largest absolute Gasteiger partial charge is 0.386 e. The number of fused-ring (bicyclic) bond motifs is 2.